The minimum atomic E-state index is 0.586. The maximum Gasteiger partial charge on any atom is 0.234 e. The maximum atomic E-state index is 5.33. The van der Waals surface area contributed by atoms with Crippen molar-refractivity contribution in [3.05, 3.63) is 12.4 Å². The fraction of sp³-hybridized carbons (Fsp3) is 0.692. The average molecular weight is 250 g/mol. The van der Waals surface area contributed by atoms with Gasteiger partial charge in [0.2, 0.25) is 5.88 Å². The summed E-state index contributed by atoms with van der Waals surface area (Å²) < 4.78 is 5.33. The summed E-state index contributed by atoms with van der Waals surface area (Å²) in [5.74, 6) is 2.08. The van der Waals surface area contributed by atoms with Crippen LogP contribution in [0.4, 0.5) is 5.82 Å². The third kappa shape index (κ3) is 3.84. The van der Waals surface area contributed by atoms with Crippen LogP contribution in [-0.2, 0) is 0 Å². The number of anilines is 1. The number of ether oxygens (including phenoxy) is 1. The van der Waals surface area contributed by atoms with Gasteiger partial charge >= 0.3 is 0 Å². The highest BCUT2D eigenvalue weighted by atomic mass is 16.5. The van der Waals surface area contributed by atoms with Gasteiger partial charge in [0, 0.05) is 13.1 Å². The third-order valence-corrected chi connectivity index (χ3v) is 3.20. The quantitative estimate of drug-likeness (QED) is 0.860. The van der Waals surface area contributed by atoms with Gasteiger partial charge < -0.3 is 15.0 Å². The Morgan fingerprint density at radius 2 is 2.39 bits per heavy atom. The molecule has 0 spiro atoms. The predicted molar refractivity (Wildman–Crippen MR) is 71.9 cm³/mol. The Labute approximate surface area is 109 Å². The molecule has 1 aliphatic heterocycles. The summed E-state index contributed by atoms with van der Waals surface area (Å²) in [7, 11) is 2.18. The Morgan fingerprint density at radius 3 is 3.17 bits per heavy atom. The van der Waals surface area contributed by atoms with Crippen molar-refractivity contribution in [1.29, 1.82) is 0 Å². The van der Waals surface area contributed by atoms with Crippen LogP contribution in [0.25, 0.3) is 0 Å². The Kier molecular flexibility index (Phi) is 4.75. The highest BCUT2D eigenvalue weighted by Gasteiger charge is 2.16. The van der Waals surface area contributed by atoms with Crippen molar-refractivity contribution in [2.45, 2.75) is 19.8 Å². The van der Waals surface area contributed by atoms with Crippen LogP contribution in [0.3, 0.4) is 0 Å². The zero-order valence-corrected chi connectivity index (χ0v) is 11.2. The smallest absolute Gasteiger partial charge is 0.234 e. The van der Waals surface area contributed by atoms with Crippen LogP contribution in [0, 0.1) is 5.92 Å². The highest BCUT2D eigenvalue weighted by Crippen LogP contribution is 2.16. The molecule has 0 amide bonds. The SMILES string of the molecule is CCOc1cncc(NCC2CCCN(C)C2)n1. The highest BCUT2D eigenvalue weighted by molar-refractivity contribution is 5.33. The van der Waals surface area contributed by atoms with Crippen molar-refractivity contribution >= 4 is 5.82 Å². The molecule has 0 aromatic carbocycles. The van der Waals surface area contributed by atoms with Crippen LogP contribution in [0.5, 0.6) is 5.88 Å². The van der Waals surface area contributed by atoms with Crippen LogP contribution in [0.1, 0.15) is 19.8 Å². The number of likely N-dealkylation sites (tertiary alicyclic amines) is 1. The molecule has 5 nitrogen and oxygen atoms in total. The molecular formula is C13H22N4O. The second-order valence-electron chi connectivity index (χ2n) is 4.83. The van der Waals surface area contributed by atoms with Crippen molar-refractivity contribution in [1.82, 2.24) is 14.9 Å². The Morgan fingerprint density at radius 1 is 1.50 bits per heavy atom. The van der Waals surface area contributed by atoms with Crippen molar-refractivity contribution in [2.24, 2.45) is 5.92 Å². The number of aromatic nitrogens is 2. The van der Waals surface area contributed by atoms with Gasteiger partial charge in [-0.15, -0.1) is 0 Å². The van der Waals surface area contributed by atoms with E-state index in [0.717, 1.165) is 18.9 Å². The van der Waals surface area contributed by atoms with Crippen LogP contribution in [0.15, 0.2) is 12.4 Å². The first-order valence-corrected chi connectivity index (χ1v) is 6.65. The Hall–Kier alpha value is -1.36. The van der Waals surface area contributed by atoms with Crippen molar-refractivity contribution in [3.63, 3.8) is 0 Å². The zero-order valence-electron chi connectivity index (χ0n) is 11.2. The summed E-state index contributed by atoms with van der Waals surface area (Å²) in [5, 5.41) is 3.35. The van der Waals surface area contributed by atoms with Crippen LogP contribution in [0.2, 0.25) is 0 Å². The van der Waals surface area contributed by atoms with Crippen molar-refractivity contribution in [2.75, 3.05) is 38.6 Å². The number of piperidine rings is 1. The van der Waals surface area contributed by atoms with Gasteiger partial charge in [-0.1, -0.05) is 0 Å². The van der Waals surface area contributed by atoms with Gasteiger partial charge in [-0.2, -0.15) is 4.98 Å². The topological polar surface area (TPSA) is 50.3 Å². The largest absolute Gasteiger partial charge is 0.477 e. The molecule has 18 heavy (non-hydrogen) atoms. The number of rotatable bonds is 5. The van der Waals surface area contributed by atoms with Gasteiger partial charge in [0.05, 0.1) is 19.0 Å². The molecule has 0 bridgehead atoms. The molecule has 1 unspecified atom stereocenters. The van der Waals surface area contributed by atoms with Gasteiger partial charge in [-0.25, -0.2) is 0 Å². The van der Waals surface area contributed by atoms with E-state index in [4.69, 9.17) is 4.74 Å². The minimum absolute atomic E-state index is 0.586. The molecule has 1 aromatic rings. The molecule has 2 rings (SSSR count). The summed E-state index contributed by atoms with van der Waals surface area (Å²) in [6.45, 7) is 5.89. The summed E-state index contributed by atoms with van der Waals surface area (Å²) in [6.07, 6.45) is 5.96. The van der Waals surface area contributed by atoms with Gasteiger partial charge in [-0.05, 0) is 39.3 Å². The molecule has 1 fully saturated rings. The monoisotopic (exact) mass is 250 g/mol. The number of nitrogens with zero attached hydrogens (tertiary/aromatic N) is 3. The van der Waals surface area contributed by atoms with E-state index >= 15 is 0 Å². The minimum Gasteiger partial charge on any atom is -0.477 e. The molecule has 1 atom stereocenters. The van der Waals surface area contributed by atoms with E-state index in [0.29, 0.717) is 18.4 Å². The van der Waals surface area contributed by atoms with Crippen LogP contribution < -0.4 is 10.1 Å². The molecule has 0 aliphatic carbocycles. The number of hydrogen-bond donors (Lipinski definition) is 1. The number of nitrogens with one attached hydrogen (secondary N) is 1. The molecule has 1 saturated heterocycles. The van der Waals surface area contributed by atoms with Gasteiger partial charge in [0.15, 0.2) is 0 Å². The Balaban J connectivity index is 1.83. The molecular weight excluding hydrogens is 228 g/mol. The summed E-state index contributed by atoms with van der Waals surface area (Å²) in [4.78, 5) is 10.9. The summed E-state index contributed by atoms with van der Waals surface area (Å²) in [6, 6.07) is 0. The van der Waals surface area contributed by atoms with E-state index in [1.165, 1.54) is 19.4 Å². The molecule has 5 heteroatoms. The predicted octanol–water partition coefficient (Wildman–Crippen LogP) is 1.63. The summed E-state index contributed by atoms with van der Waals surface area (Å²) in [5.41, 5.74) is 0. The first kappa shape index (κ1) is 13.1. The fourth-order valence-electron chi connectivity index (χ4n) is 2.34. The second-order valence-corrected chi connectivity index (χ2v) is 4.83. The van der Waals surface area contributed by atoms with Gasteiger partial charge in [0.25, 0.3) is 0 Å². The third-order valence-electron chi connectivity index (χ3n) is 3.20. The zero-order chi connectivity index (χ0) is 12.8. The molecule has 1 aromatic heterocycles. The van der Waals surface area contributed by atoms with Crippen LogP contribution in [-0.4, -0.2) is 48.2 Å². The second kappa shape index (κ2) is 6.54. The molecule has 1 N–H and O–H groups in total. The van der Waals surface area contributed by atoms with E-state index in [2.05, 4.69) is 27.2 Å². The number of hydrogen-bond acceptors (Lipinski definition) is 5. The van der Waals surface area contributed by atoms with Gasteiger partial charge in [-0.3, -0.25) is 4.98 Å². The average Bonchev–Trinajstić information content (AvgIpc) is 2.37. The first-order chi connectivity index (χ1) is 8.78. The van der Waals surface area contributed by atoms with Crippen molar-refractivity contribution < 1.29 is 4.74 Å². The normalized spacial score (nSPS) is 20.7. The van der Waals surface area contributed by atoms with E-state index in [1.807, 2.05) is 6.92 Å². The Bertz CT molecular complexity index is 372. The van der Waals surface area contributed by atoms with E-state index in [9.17, 15) is 0 Å². The molecule has 1 aliphatic rings. The molecule has 0 radical (unpaired) electrons. The van der Waals surface area contributed by atoms with Crippen molar-refractivity contribution in [3.8, 4) is 5.88 Å². The lowest BCUT2D eigenvalue weighted by Gasteiger charge is -2.29. The lowest BCUT2D eigenvalue weighted by atomic mass is 9.98. The molecule has 100 valence electrons. The van der Waals surface area contributed by atoms with E-state index < -0.39 is 0 Å². The lowest BCUT2D eigenvalue weighted by Crippen LogP contribution is -2.35. The van der Waals surface area contributed by atoms with Crippen LogP contribution >= 0.6 is 0 Å². The van der Waals surface area contributed by atoms with E-state index in [1.54, 1.807) is 12.4 Å². The maximum absolute atomic E-state index is 5.33. The lowest BCUT2D eigenvalue weighted by molar-refractivity contribution is 0.217. The van der Waals surface area contributed by atoms with E-state index in [-0.39, 0.29) is 0 Å². The summed E-state index contributed by atoms with van der Waals surface area (Å²) >= 11 is 0. The fourth-order valence-corrected chi connectivity index (χ4v) is 2.34. The molecule has 2 heterocycles. The van der Waals surface area contributed by atoms with Gasteiger partial charge in [0.1, 0.15) is 5.82 Å². The molecule has 0 saturated carbocycles. The standard InChI is InChI=1S/C13H22N4O/c1-3-18-13-9-14-8-12(16-13)15-7-11-5-4-6-17(2)10-11/h8-9,11H,3-7,10H2,1-2H3,(H,15,16). The first-order valence-electron chi connectivity index (χ1n) is 6.65.